The van der Waals surface area contributed by atoms with Crippen LogP contribution in [0.15, 0.2) is 11.8 Å². The molecule has 0 atom stereocenters. The molecule has 148 valence electrons. The first-order chi connectivity index (χ1) is 12.7. The monoisotopic (exact) mass is 388 g/mol. The van der Waals surface area contributed by atoms with Crippen molar-refractivity contribution in [2.45, 2.75) is 33.6 Å². The topological polar surface area (TPSA) is 98.5 Å². The van der Waals surface area contributed by atoms with Gasteiger partial charge in [0.05, 0.1) is 11.5 Å². The van der Waals surface area contributed by atoms with Crippen molar-refractivity contribution in [2.75, 3.05) is 13.2 Å². The van der Waals surface area contributed by atoms with E-state index in [1.807, 2.05) is 0 Å². The van der Waals surface area contributed by atoms with Crippen molar-refractivity contribution in [1.82, 2.24) is 5.32 Å². The lowest BCUT2D eigenvalue weighted by Crippen LogP contribution is -2.23. The van der Waals surface area contributed by atoms with Crippen LogP contribution in [0.3, 0.4) is 0 Å². The average molecular weight is 388 g/mol. The molecule has 0 spiro atoms. The van der Waals surface area contributed by atoms with Gasteiger partial charge in [-0.25, -0.2) is 13.6 Å². The van der Waals surface area contributed by atoms with Gasteiger partial charge in [0.1, 0.15) is 17.0 Å². The zero-order valence-corrected chi connectivity index (χ0v) is 15.0. The Morgan fingerprint density at radius 2 is 1.78 bits per heavy atom. The molecule has 0 bridgehead atoms. The third-order valence-corrected chi connectivity index (χ3v) is 3.47. The molecular formula is C17H19F3N2O5. The Morgan fingerprint density at radius 3 is 2.30 bits per heavy atom. The molecule has 0 heterocycles. The molecule has 27 heavy (non-hydrogen) atoms. The predicted molar refractivity (Wildman–Crippen MR) is 89.7 cm³/mol. The highest BCUT2D eigenvalue weighted by atomic mass is 19.2. The number of carbonyl (C=O) groups excluding carboxylic acids is 2. The lowest BCUT2D eigenvalue weighted by Gasteiger charge is -2.11. The van der Waals surface area contributed by atoms with Crippen molar-refractivity contribution >= 4 is 17.4 Å². The summed E-state index contributed by atoms with van der Waals surface area (Å²) >= 11 is 0. The normalized spacial score (nSPS) is 11.3. The Kier molecular flexibility index (Phi) is 7.95. The standard InChI is InChI=1S/C17H19F3N2O5/c1-4-6-21-8-10(17(24)27-7-5-2)16(23)11-12(18)9(3)13(19)14(20)15(11)22(25)26/h8,21H,4-7H2,1-3H3. The average Bonchev–Trinajstić information content (AvgIpc) is 2.63. The molecule has 0 aliphatic carbocycles. The number of nitro benzene ring substituents is 1. The number of halogens is 3. The molecule has 0 saturated carbocycles. The fraction of sp³-hybridized carbons (Fsp3) is 0.412. The van der Waals surface area contributed by atoms with E-state index in [-0.39, 0.29) is 6.61 Å². The maximum atomic E-state index is 14.4. The van der Waals surface area contributed by atoms with Gasteiger partial charge in [-0.15, -0.1) is 0 Å². The first kappa shape index (κ1) is 22.1. The van der Waals surface area contributed by atoms with Crippen molar-refractivity contribution in [3.8, 4) is 0 Å². The fourth-order valence-corrected chi connectivity index (χ4v) is 2.09. The van der Waals surface area contributed by atoms with Crippen LogP contribution in [0, 0.1) is 34.5 Å². The van der Waals surface area contributed by atoms with Gasteiger partial charge in [-0.05, 0) is 19.8 Å². The molecule has 0 fully saturated rings. The summed E-state index contributed by atoms with van der Waals surface area (Å²) in [7, 11) is 0. The van der Waals surface area contributed by atoms with Gasteiger partial charge >= 0.3 is 11.7 Å². The number of rotatable bonds is 9. The van der Waals surface area contributed by atoms with Gasteiger partial charge in [0.15, 0.2) is 5.82 Å². The quantitative estimate of drug-likeness (QED) is 0.0802. The third kappa shape index (κ3) is 4.83. The molecule has 0 aromatic heterocycles. The van der Waals surface area contributed by atoms with Crippen molar-refractivity contribution < 1.29 is 32.4 Å². The van der Waals surface area contributed by atoms with E-state index in [1.54, 1.807) is 13.8 Å². The molecule has 0 aliphatic rings. The largest absolute Gasteiger partial charge is 0.462 e. The molecule has 0 unspecified atom stereocenters. The van der Waals surface area contributed by atoms with Gasteiger partial charge in [0.2, 0.25) is 11.6 Å². The summed E-state index contributed by atoms with van der Waals surface area (Å²) in [6.45, 7) is 4.58. The van der Waals surface area contributed by atoms with Gasteiger partial charge < -0.3 is 10.1 Å². The molecular weight excluding hydrogens is 369 g/mol. The predicted octanol–water partition coefficient (Wildman–Crippen LogP) is 3.34. The third-order valence-electron chi connectivity index (χ3n) is 3.47. The van der Waals surface area contributed by atoms with Crippen LogP contribution in [0.2, 0.25) is 0 Å². The number of nitro groups is 1. The van der Waals surface area contributed by atoms with E-state index in [0.717, 1.165) is 13.1 Å². The smallest absolute Gasteiger partial charge is 0.343 e. The highest BCUT2D eigenvalue weighted by Gasteiger charge is 2.37. The Hall–Kier alpha value is -2.91. The number of ether oxygens (including phenoxy) is 1. The van der Waals surface area contributed by atoms with E-state index < -0.39 is 56.5 Å². The number of nitrogens with one attached hydrogen (secondary N) is 1. The van der Waals surface area contributed by atoms with Gasteiger partial charge in [-0.3, -0.25) is 14.9 Å². The molecule has 7 nitrogen and oxygen atoms in total. The summed E-state index contributed by atoms with van der Waals surface area (Å²) in [5, 5.41) is 13.7. The molecule has 1 aromatic carbocycles. The minimum absolute atomic E-state index is 0.0569. The Balaban J connectivity index is 3.59. The number of hydrogen-bond donors (Lipinski definition) is 1. The van der Waals surface area contributed by atoms with Gasteiger partial charge in [0.25, 0.3) is 0 Å². The molecule has 1 N–H and O–H groups in total. The van der Waals surface area contributed by atoms with Crippen molar-refractivity contribution in [3.05, 3.63) is 50.5 Å². The van der Waals surface area contributed by atoms with Crippen LogP contribution in [0.25, 0.3) is 0 Å². The van der Waals surface area contributed by atoms with E-state index in [1.165, 1.54) is 0 Å². The summed E-state index contributed by atoms with van der Waals surface area (Å²) in [4.78, 5) is 34.5. The minimum Gasteiger partial charge on any atom is -0.462 e. The van der Waals surface area contributed by atoms with E-state index in [4.69, 9.17) is 4.74 Å². The van der Waals surface area contributed by atoms with Crippen LogP contribution in [0.5, 0.6) is 0 Å². The van der Waals surface area contributed by atoms with E-state index in [9.17, 15) is 32.9 Å². The van der Waals surface area contributed by atoms with Crippen LogP contribution in [0.4, 0.5) is 18.9 Å². The summed E-state index contributed by atoms with van der Waals surface area (Å²) in [6, 6.07) is 0. The minimum atomic E-state index is -1.98. The van der Waals surface area contributed by atoms with Gasteiger partial charge in [-0.2, -0.15) is 4.39 Å². The fourth-order valence-electron chi connectivity index (χ4n) is 2.09. The first-order valence-electron chi connectivity index (χ1n) is 8.15. The Morgan fingerprint density at radius 1 is 1.15 bits per heavy atom. The van der Waals surface area contributed by atoms with Gasteiger partial charge in [0, 0.05) is 18.3 Å². The second-order valence-electron chi connectivity index (χ2n) is 5.52. The zero-order chi connectivity index (χ0) is 20.7. The van der Waals surface area contributed by atoms with Crippen molar-refractivity contribution in [1.29, 1.82) is 0 Å². The van der Waals surface area contributed by atoms with E-state index in [2.05, 4.69) is 5.32 Å². The second-order valence-corrected chi connectivity index (χ2v) is 5.52. The molecule has 1 aromatic rings. The number of hydrogen-bond acceptors (Lipinski definition) is 6. The number of nitrogens with zero attached hydrogens (tertiary/aromatic N) is 1. The number of esters is 1. The molecule has 0 amide bonds. The zero-order valence-electron chi connectivity index (χ0n) is 15.0. The molecule has 0 aliphatic heterocycles. The lowest BCUT2D eigenvalue weighted by atomic mass is 9.98. The second kappa shape index (κ2) is 9.70. The van der Waals surface area contributed by atoms with Gasteiger partial charge in [-0.1, -0.05) is 13.8 Å². The SMILES string of the molecule is CCCNC=C(C(=O)OCCC)C(=O)c1c(F)c(C)c(F)c(F)c1[N+](=O)[O-]. The number of Topliss-reactive ketones (excluding diaryl/α,β-unsaturated/α-hetero) is 1. The maximum Gasteiger partial charge on any atom is 0.343 e. The highest BCUT2D eigenvalue weighted by Crippen LogP contribution is 2.32. The van der Waals surface area contributed by atoms with E-state index in [0.29, 0.717) is 19.4 Å². The summed E-state index contributed by atoms with van der Waals surface area (Å²) in [6.07, 6.45) is 1.96. The van der Waals surface area contributed by atoms with Crippen LogP contribution in [0.1, 0.15) is 42.6 Å². The Bertz CT molecular complexity index is 794. The summed E-state index contributed by atoms with van der Waals surface area (Å²) in [5.74, 6) is -8.02. The number of benzene rings is 1. The van der Waals surface area contributed by atoms with Crippen LogP contribution >= 0.6 is 0 Å². The van der Waals surface area contributed by atoms with Crippen molar-refractivity contribution in [3.63, 3.8) is 0 Å². The lowest BCUT2D eigenvalue weighted by molar-refractivity contribution is -0.388. The summed E-state index contributed by atoms with van der Waals surface area (Å²) < 4.78 is 47.0. The number of carbonyl (C=O) groups is 2. The Labute approximate surface area is 153 Å². The van der Waals surface area contributed by atoms with Crippen LogP contribution in [-0.4, -0.2) is 29.8 Å². The maximum absolute atomic E-state index is 14.4. The number of ketones is 1. The molecule has 10 heteroatoms. The van der Waals surface area contributed by atoms with Crippen molar-refractivity contribution in [2.24, 2.45) is 0 Å². The molecule has 0 radical (unpaired) electrons. The molecule has 1 rings (SSSR count). The molecule has 0 saturated heterocycles. The van der Waals surface area contributed by atoms with Crippen LogP contribution < -0.4 is 5.32 Å². The van der Waals surface area contributed by atoms with E-state index >= 15 is 0 Å². The highest BCUT2D eigenvalue weighted by molar-refractivity contribution is 6.25. The van der Waals surface area contributed by atoms with Crippen LogP contribution in [-0.2, 0) is 9.53 Å². The first-order valence-corrected chi connectivity index (χ1v) is 8.15. The summed E-state index contributed by atoms with van der Waals surface area (Å²) in [5.41, 5.74) is -4.69.